The first-order valence-electron chi connectivity index (χ1n) is 5.12. The number of benzene rings is 1. The third-order valence-corrected chi connectivity index (χ3v) is 3.72. The second-order valence-electron chi connectivity index (χ2n) is 3.29. The van der Waals surface area contributed by atoms with Gasteiger partial charge in [0.1, 0.15) is 5.76 Å². The summed E-state index contributed by atoms with van der Waals surface area (Å²) in [6.45, 7) is 2.15. The molecule has 4 heteroatoms. The van der Waals surface area contributed by atoms with E-state index < -0.39 is 7.60 Å². The summed E-state index contributed by atoms with van der Waals surface area (Å²) in [6.07, 6.45) is 3.49. The van der Waals surface area contributed by atoms with E-state index in [-0.39, 0.29) is 0 Å². The minimum atomic E-state index is -3.08. The van der Waals surface area contributed by atoms with Gasteiger partial charge in [0.2, 0.25) is 0 Å². The summed E-state index contributed by atoms with van der Waals surface area (Å²) in [7, 11) is -3.08. The van der Waals surface area contributed by atoms with Gasteiger partial charge in [0.15, 0.2) is 0 Å². The smallest absolute Gasteiger partial charge is 0.403 e. The van der Waals surface area contributed by atoms with Crippen LogP contribution in [0.4, 0.5) is 0 Å². The SMILES string of the molecule is CCOP1(=O)C=CC=C(c2ccccc2)O1. The summed E-state index contributed by atoms with van der Waals surface area (Å²) >= 11 is 0. The molecule has 1 heterocycles. The first-order chi connectivity index (χ1) is 7.73. The van der Waals surface area contributed by atoms with Crippen LogP contribution in [0.1, 0.15) is 12.5 Å². The average Bonchev–Trinajstić information content (AvgIpc) is 2.30. The highest BCUT2D eigenvalue weighted by molar-refractivity contribution is 7.57. The van der Waals surface area contributed by atoms with Gasteiger partial charge in [-0.2, -0.15) is 0 Å². The lowest BCUT2D eigenvalue weighted by Gasteiger charge is -2.20. The predicted octanol–water partition coefficient (Wildman–Crippen LogP) is 3.80. The largest absolute Gasteiger partial charge is 0.421 e. The van der Waals surface area contributed by atoms with Crippen LogP contribution in [0.15, 0.2) is 48.3 Å². The van der Waals surface area contributed by atoms with Crippen LogP contribution in [-0.2, 0) is 13.6 Å². The van der Waals surface area contributed by atoms with E-state index in [2.05, 4.69) is 0 Å². The highest BCUT2D eigenvalue weighted by Crippen LogP contribution is 2.55. The van der Waals surface area contributed by atoms with Crippen molar-refractivity contribution in [2.75, 3.05) is 6.61 Å². The second-order valence-corrected chi connectivity index (χ2v) is 5.11. The van der Waals surface area contributed by atoms with Crippen LogP contribution in [0.25, 0.3) is 5.76 Å². The zero-order chi connectivity index (χ0) is 11.4. The molecule has 0 N–H and O–H groups in total. The predicted molar refractivity (Wildman–Crippen MR) is 63.9 cm³/mol. The maximum atomic E-state index is 12.0. The minimum Gasteiger partial charge on any atom is -0.421 e. The third-order valence-electron chi connectivity index (χ3n) is 2.11. The molecule has 0 aromatic heterocycles. The van der Waals surface area contributed by atoms with Gasteiger partial charge in [0, 0.05) is 11.4 Å². The van der Waals surface area contributed by atoms with Crippen molar-refractivity contribution in [2.24, 2.45) is 0 Å². The molecule has 1 aromatic carbocycles. The van der Waals surface area contributed by atoms with Gasteiger partial charge in [-0.15, -0.1) is 0 Å². The van der Waals surface area contributed by atoms with Gasteiger partial charge in [-0.05, 0) is 19.1 Å². The van der Waals surface area contributed by atoms with Crippen molar-refractivity contribution in [2.45, 2.75) is 6.92 Å². The van der Waals surface area contributed by atoms with Gasteiger partial charge >= 0.3 is 7.60 Å². The maximum absolute atomic E-state index is 12.0. The number of hydrogen-bond acceptors (Lipinski definition) is 3. The molecule has 1 unspecified atom stereocenters. The van der Waals surface area contributed by atoms with Crippen LogP contribution in [0.2, 0.25) is 0 Å². The molecule has 1 atom stereocenters. The van der Waals surface area contributed by atoms with Crippen molar-refractivity contribution >= 4 is 13.4 Å². The molecule has 2 rings (SSSR count). The van der Waals surface area contributed by atoms with Crippen molar-refractivity contribution in [1.29, 1.82) is 0 Å². The molecule has 1 aliphatic rings. The van der Waals surface area contributed by atoms with Crippen molar-refractivity contribution in [3.8, 4) is 0 Å². The minimum absolute atomic E-state index is 0.365. The molecule has 0 aliphatic carbocycles. The lowest BCUT2D eigenvalue weighted by Crippen LogP contribution is -1.96. The lowest BCUT2D eigenvalue weighted by atomic mass is 10.2. The molecule has 0 bridgehead atoms. The molecule has 0 amide bonds. The van der Waals surface area contributed by atoms with Gasteiger partial charge in [0.05, 0.1) is 6.61 Å². The van der Waals surface area contributed by atoms with Crippen LogP contribution < -0.4 is 0 Å². The summed E-state index contributed by atoms with van der Waals surface area (Å²) in [5, 5.41) is 0. The number of hydrogen-bond donors (Lipinski definition) is 0. The molecule has 0 spiro atoms. The topological polar surface area (TPSA) is 35.5 Å². The van der Waals surface area contributed by atoms with Crippen LogP contribution in [0.5, 0.6) is 0 Å². The summed E-state index contributed by atoms with van der Waals surface area (Å²) < 4.78 is 22.6. The number of rotatable bonds is 3. The third kappa shape index (κ3) is 2.43. The lowest BCUT2D eigenvalue weighted by molar-refractivity contribution is 0.278. The first kappa shape index (κ1) is 11.2. The zero-order valence-electron chi connectivity index (χ0n) is 9.00. The maximum Gasteiger partial charge on any atom is 0.403 e. The Morgan fingerprint density at radius 2 is 2.06 bits per heavy atom. The van der Waals surface area contributed by atoms with E-state index in [0.29, 0.717) is 12.4 Å². The Morgan fingerprint density at radius 3 is 2.75 bits per heavy atom. The number of allylic oxidation sites excluding steroid dienone is 2. The van der Waals surface area contributed by atoms with E-state index in [1.165, 1.54) is 5.82 Å². The molecule has 0 radical (unpaired) electrons. The van der Waals surface area contributed by atoms with Gasteiger partial charge in [0.25, 0.3) is 0 Å². The van der Waals surface area contributed by atoms with Crippen molar-refractivity contribution < 1.29 is 13.6 Å². The molecule has 1 aromatic rings. The fourth-order valence-electron chi connectivity index (χ4n) is 1.43. The van der Waals surface area contributed by atoms with Gasteiger partial charge < -0.3 is 4.52 Å². The van der Waals surface area contributed by atoms with E-state index in [4.69, 9.17) is 9.05 Å². The fraction of sp³-hybridized carbons (Fsp3) is 0.167. The summed E-state index contributed by atoms with van der Waals surface area (Å²) in [5.74, 6) is 2.06. The molecule has 3 nitrogen and oxygen atoms in total. The van der Waals surface area contributed by atoms with Crippen LogP contribution in [0, 0.1) is 0 Å². The van der Waals surface area contributed by atoms with E-state index >= 15 is 0 Å². The van der Waals surface area contributed by atoms with E-state index in [1.54, 1.807) is 19.1 Å². The average molecular weight is 236 g/mol. The summed E-state index contributed by atoms with van der Waals surface area (Å²) in [4.78, 5) is 0. The normalized spacial score (nSPS) is 23.7. The van der Waals surface area contributed by atoms with E-state index in [1.807, 2.05) is 30.3 Å². The Hall–Kier alpha value is -1.31. The molecular formula is C12H13O3P. The molecule has 16 heavy (non-hydrogen) atoms. The van der Waals surface area contributed by atoms with Crippen molar-refractivity contribution in [3.63, 3.8) is 0 Å². The highest BCUT2D eigenvalue weighted by atomic mass is 31.2. The Bertz CT molecular complexity index is 462. The molecule has 0 saturated heterocycles. The Morgan fingerprint density at radius 1 is 1.31 bits per heavy atom. The first-order valence-corrected chi connectivity index (χ1v) is 6.73. The zero-order valence-corrected chi connectivity index (χ0v) is 9.89. The quantitative estimate of drug-likeness (QED) is 0.749. The van der Waals surface area contributed by atoms with Crippen LogP contribution >= 0.6 is 7.60 Å². The molecular weight excluding hydrogens is 223 g/mol. The second kappa shape index (κ2) is 4.69. The van der Waals surface area contributed by atoms with Gasteiger partial charge in [-0.25, -0.2) is 4.57 Å². The Balaban J connectivity index is 2.24. The standard InChI is InChI=1S/C12H13O3P/c1-2-14-16(13)10-6-9-12(15-16)11-7-4-3-5-8-11/h3-10H,2H2,1H3. The Kier molecular flexibility index (Phi) is 3.28. The van der Waals surface area contributed by atoms with Crippen molar-refractivity contribution in [3.05, 3.63) is 53.9 Å². The monoisotopic (exact) mass is 236 g/mol. The van der Waals surface area contributed by atoms with E-state index in [9.17, 15) is 4.57 Å². The molecule has 0 saturated carbocycles. The Labute approximate surface area is 94.9 Å². The summed E-state index contributed by atoms with van der Waals surface area (Å²) in [5.41, 5.74) is 0.895. The summed E-state index contributed by atoms with van der Waals surface area (Å²) in [6, 6.07) is 9.54. The van der Waals surface area contributed by atoms with Crippen LogP contribution in [-0.4, -0.2) is 6.61 Å². The van der Waals surface area contributed by atoms with Gasteiger partial charge in [-0.1, -0.05) is 30.3 Å². The van der Waals surface area contributed by atoms with Gasteiger partial charge in [-0.3, -0.25) is 4.52 Å². The van der Waals surface area contributed by atoms with E-state index in [0.717, 1.165) is 5.56 Å². The van der Waals surface area contributed by atoms with Crippen molar-refractivity contribution in [1.82, 2.24) is 0 Å². The molecule has 1 aliphatic heterocycles. The fourth-order valence-corrected chi connectivity index (χ4v) is 2.73. The molecule has 0 fully saturated rings. The molecule has 84 valence electrons. The van der Waals surface area contributed by atoms with Crippen LogP contribution in [0.3, 0.4) is 0 Å². The highest BCUT2D eigenvalue weighted by Gasteiger charge is 2.25.